The first kappa shape index (κ1) is 19.4. The fourth-order valence-electron chi connectivity index (χ4n) is 2.62. The second-order valence-corrected chi connectivity index (χ2v) is 7.48. The molecule has 0 aliphatic carbocycles. The number of hydrogen-bond donors (Lipinski definition) is 0. The molecular weight excluding hydrogens is 380 g/mol. The van der Waals surface area contributed by atoms with Crippen LogP contribution in [-0.2, 0) is 6.54 Å². The maximum absolute atomic E-state index is 12.6. The van der Waals surface area contributed by atoms with Crippen molar-refractivity contribution in [1.82, 2.24) is 4.57 Å². The van der Waals surface area contributed by atoms with Gasteiger partial charge in [-0.2, -0.15) is 4.99 Å². The maximum atomic E-state index is 12.6. The van der Waals surface area contributed by atoms with E-state index in [1.807, 2.05) is 22.8 Å². The monoisotopic (exact) mass is 400 g/mol. The Labute approximate surface area is 167 Å². The molecule has 1 heterocycles. The molecule has 140 valence electrons. The molecule has 0 unspecified atom stereocenters. The molecule has 1 aromatic heterocycles. The first-order valence-corrected chi connectivity index (χ1v) is 10.0. The van der Waals surface area contributed by atoms with E-state index in [2.05, 4.69) is 18.5 Å². The van der Waals surface area contributed by atoms with Crippen molar-refractivity contribution in [2.24, 2.45) is 4.99 Å². The summed E-state index contributed by atoms with van der Waals surface area (Å²) in [7, 11) is 0. The van der Waals surface area contributed by atoms with Crippen LogP contribution in [-0.4, -0.2) is 17.1 Å². The zero-order valence-electron chi connectivity index (χ0n) is 15.2. The van der Waals surface area contributed by atoms with E-state index in [0.717, 1.165) is 28.8 Å². The lowest BCUT2D eigenvalue weighted by Crippen LogP contribution is -2.16. The van der Waals surface area contributed by atoms with E-state index in [1.54, 1.807) is 30.3 Å². The van der Waals surface area contributed by atoms with Crippen LogP contribution in [0, 0.1) is 0 Å². The van der Waals surface area contributed by atoms with Crippen LogP contribution in [0.4, 0.5) is 0 Å². The van der Waals surface area contributed by atoms with E-state index in [0.29, 0.717) is 28.5 Å². The number of benzene rings is 2. The highest BCUT2D eigenvalue weighted by Gasteiger charge is 2.09. The number of amides is 1. The van der Waals surface area contributed by atoms with Crippen LogP contribution >= 0.6 is 22.9 Å². The van der Waals surface area contributed by atoms with Gasteiger partial charge in [0.1, 0.15) is 5.75 Å². The second kappa shape index (κ2) is 9.02. The van der Waals surface area contributed by atoms with Gasteiger partial charge in [0, 0.05) is 17.1 Å². The summed E-state index contributed by atoms with van der Waals surface area (Å²) in [6.45, 7) is 7.16. The van der Waals surface area contributed by atoms with Gasteiger partial charge in [0.05, 0.1) is 16.8 Å². The van der Waals surface area contributed by atoms with Gasteiger partial charge in [-0.05, 0) is 48.9 Å². The van der Waals surface area contributed by atoms with Gasteiger partial charge >= 0.3 is 0 Å². The van der Waals surface area contributed by atoms with Crippen molar-refractivity contribution in [3.8, 4) is 5.75 Å². The highest BCUT2D eigenvalue weighted by atomic mass is 35.5. The van der Waals surface area contributed by atoms with Gasteiger partial charge in [0.2, 0.25) is 0 Å². The zero-order valence-corrected chi connectivity index (χ0v) is 16.7. The highest BCUT2D eigenvalue weighted by Crippen LogP contribution is 2.22. The molecule has 27 heavy (non-hydrogen) atoms. The predicted octanol–water partition coefficient (Wildman–Crippen LogP) is 5.46. The van der Waals surface area contributed by atoms with Crippen molar-refractivity contribution in [1.29, 1.82) is 0 Å². The van der Waals surface area contributed by atoms with Crippen molar-refractivity contribution in [2.45, 2.75) is 26.3 Å². The summed E-state index contributed by atoms with van der Waals surface area (Å²) in [5.41, 5.74) is 1.51. The Morgan fingerprint density at radius 3 is 2.78 bits per heavy atom. The Hall–Kier alpha value is -2.37. The fourth-order valence-corrected chi connectivity index (χ4v) is 3.93. The molecule has 1 amide bonds. The lowest BCUT2D eigenvalue weighted by Gasteiger charge is -2.05. The number of halogens is 1. The first-order valence-electron chi connectivity index (χ1n) is 8.84. The maximum Gasteiger partial charge on any atom is 0.279 e. The molecule has 0 atom stereocenters. The third-order valence-electron chi connectivity index (χ3n) is 4.02. The van der Waals surface area contributed by atoms with Crippen molar-refractivity contribution in [2.75, 3.05) is 6.61 Å². The summed E-state index contributed by atoms with van der Waals surface area (Å²) in [6.07, 6.45) is 3.88. The van der Waals surface area contributed by atoms with Gasteiger partial charge in [-0.25, -0.2) is 0 Å². The molecule has 0 saturated heterocycles. The van der Waals surface area contributed by atoms with Gasteiger partial charge in [-0.1, -0.05) is 42.4 Å². The zero-order chi connectivity index (χ0) is 19.2. The Kier molecular flexibility index (Phi) is 6.48. The van der Waals surface area contributed by atoms with E-state index in [4.69, 9.17) is 16.3 Å². The Bertz CT molecular complexity index is 1020. The largest absolute Gasteiger partial charge is 0.494 e. The summed E-state index contributed by atoms with van der Waals surface area (Å²) in [5.74, 6) is 0.476. The number of carbonyl (C=O) groups is 1. The number of rotatable bonds is 7. The number of fused-ring (bicyclic) bond motifs is 1. The SMILES string of the molecule is C=CCn1c(=NC(=O)c2ccc(OCCCC)cc2)sc2cc(Cl)ccc21. The summed E-state index contributed by atoms with van der Waals surface area (Å²) < 4.78 is 8.58. The lowest BCUT2D eigenvalue weighted by atomic mass is 10.2. The van der Waals surface area contributed by atoms with Crippen LogP contribution in [0.1, 0.15) is 30.1 Å². The van der Waals surface area contributed by atoms with Gasteiger partial charge < -0.3 is 9.30 Å². The third kappa shape index (κ3) is 4.67. The molecule has 6 heteroatoms. The number of aromatic nitrogens is 1. The summed E-state index contributed by atoms with van der Waals surface area (Å²) >= 11 is 7.52. The number of ether oxygens (including phenoxy) is 1. The topological polar surface area (TPSA) is 43.6 Å². The Morgan fingerprint density at radius 1 is 1.30 bits per heavy atom. The minimum atomic E-state index is -0.287. The number of hydrogen-bond acceptors (Lipinski definition) is 3. The summed E-state index contributed by atoms with van der Waals surface area (Å²) in [4.78, 5) is 17.6. The first-order chi connectivity index (χ1) is 13.1. The smallest absolute Gasteiger partial charge is 0.279 e. The predicted molar refractivity (Wildman–Crippen MR) is 112 cm³/mol. The van der Waals surface area contributed by atoms with Crippen LogP contribution in [0.5, 0.6) is 5.75 Å². The molecule has 0 saturated carbocycles. The third-order valence-corrected chi connectivity index (χ3v) is 5.30. The number of carbonyl (C=O) groups excluding carboxylic acids is 1. The Balaban J connectivity index is 1.90. The summed E-state index contributed by atoms with van der Waals surface area (Å²) in [6, 6.07) is 12.8. The number of unbranched alkanes of at least 4 members (excludes halogenated alkanes) is 1. The van der Waals surface area contributed by atoms with E-state index in [9.17, 15) is 4.79 Å². The lowest BCUT2D eigenvalue weighted by molar-refractivity contribution is 0.0998. The van der Waals surface area contributed by atoms with Gasteiger partial charge in [0.25, 0.3) is 5.91 Å². The highest BCUT2D eigenvalue weighted by molar-refractivity contribution is 7.16. The average Bonchev–Trinajstić information content (AvgIpc) is 2.99. The quantitative estimate of drug-likeness (QED) is 0.390. The van der Waals surface area contributed by atoms with Crippen LogP contribution in [0.3, 0.4) is 0 Å². The van der Waals surface area contributed by atoms with Crippen molar-refractivity contribution < 1.29 is 9.53 Å². The molecule has 2 aromatic carbocycles. The molecule has 3 rings (SSSR count). The van der Waals surface area contributed by atoms with Crippen molar-refractivity contribution in [3.05, 3.63) is 70.5 Å². The average molecular weight is 401 g/mol. The molecule has 0 N–H and O–H groups in total. The van der Waals surface area contributed by atoms with Gasteiger partial charge in [-0.3, -0.25) is 4.79 Å². The number of thiazole rings is 1. The van der Waals surface area contributed by atoms with Crippen LogP contribution in [0.25, 0.3) is 10.2 Å². The molecule has 0 bridgehead atoms. The molecule has 3 aromatic rings. The Morgan fingerprint density at radius 2 is 2.07 bits per heavy atom. The normalized spacial score (nSPS) is 11.7. The number of allylic oxidation sites excluding steroid dienone is 1. The minimum Gasteiger partial charge on any atom is -0.494 e. The molecule has 0 radical (unpaired) electrons. The van der Waals surface area contributed by atoms with E-state index in [-0.39, 0.29) is 5.91 Å². The van der Waals surface area contributed by atoms with Crippen molar-refractivity contribution >= 4 is 39.1 Å². The molecule has 0 fully saturated rings. The molecule has 0 aliphatic heterocycles. The molecule has 4 nitrogen and oxygen atoms in total. The second-order valence-electron chi connectivity index (χ2n) is 6.04. The standard InChI is InChI=1S/C21H21ClN2O2S/c1-3-5-13-26-17-9-6-15(7-10-17)20(25)23-21-24(12-4-2)18-11-8-16(22)14-19(18)27-21/h4,6-11,14H,2-3,5,12-13H2,1H3. The van der Waals surface area contributed by atoms with Crippen molar-refractivity contribution in [3.63, 3.8) is 0 Å². The minimum absolute atomic E-state index is 0.287. The van der Waals surface area contributed by atoms with E-state index in [1.165, 1.54) is 11.3 Å². The fraction of sp³-hybridized carbons (Fsp3) is 0.238. The number of nitrogens with zero attached hydrogens (tertiary/aromatic N) is 2. The van der Waals surface area contributed by atoms with Gasteiger partial charge in [0.15, 0.2) is 4.80 Å². The van der Waals surface area contributed by atoms with Crippen LogP contribution in [0.15, 0.2) is 60.1 Å². The van der Waals surface area contributed by atoms with E-state index >= 15 is 0 Å². The molecular formula is C21H21ClN2O2S. The van der Waals surface area contributed by atoms with Gasteiger partial charge in [-0.15, -0.1) is 6.58 Å². The van der Waals surface area contributed by atoms with Crippen LogP contribution < -0.4 is 9.54 Å². The van der Waals surface area contributed by atoms with E-state index < -0.39 is 0 Å². The molecule has 0 aliphatic rings. The molecule has 0 spiro atoms. The summed E-state index contributed by atoms with van der Waals surface area (Å²) in [5, 5.41) is 0.658. The van der Waals surface area contributed by atoms with Crippen LogP contribution in [0.2, 0.25) is 5.02 Å².